The Morgan fingerprint density at radius 3 is 2.60 bits per heavy atom. The first-order chi connectivity index (χ1) is 20.2. The molecule has 0 saturated heterocycles. The Morgan fingerprint density at radius 2 is 1.88 bits per heavy atom. The maximum Gasteiger partial charge on any atom is 0.247 e. The van der Waals surface area contributed by atoms with Crippen LogP contribution in [0.5, 0.6) is 5.75 Å². The minimum absolute atomic E-state index is 0.0236. The number of ether oxygens (including phenoxy) is 1. The Hall–Kier alpha value is -4.25. The van der Waals surface area contributed by atoms with Crippen molar-refractivity contribution < 1.29 is 9.53 Å². The molecule has 1 aromatic carbocycles. The largest absolute Gasteiger partial charge is 0.494 e. The molecule has 0 unspecified atom stereocenters. The lowest BCUT2D eigenvalue weighted by Gasteiger charge is -2.33. The molecule has 0 atom stereocenters. The van der Waals surface area contributed by atoms with Gasteiger partial charge in [0, 0.05) is 43.9 Å². The molecule has 0 radical (unpaired) electrons. The van der Waals surface area contributed by atoms with E-state index in [2.05, 4.69) is 60.9 Å². The Kier molecular flexibility index (Phi) is 8.58. The summed E-state index contributed by atoms with van der Waals surface area (Å²) >= 11 is 0. The van der Waals surface area contributed by atoms with Crippen molar-refractivity contribution in [3.05, 3.63) is 54.6 Å². The van der Waals surface area contributed by atoms with Gasteiger partial charge in [0.15, 0.2) is 0 Å². The van der Waals surface area contributed by atoms with E-state index in [9.17, 15) is 4.79 Å². The minimum Gasteiger partial charge on any atom is -0.494 e. The predicted octanol–water partition coefficient (Wildman–Crippen LogP) is 4.80. The van der Waals surface area contributed by atoms with Crippen LogP contribution in [0.4, 0.5) is 34.6 Å². The van der Waals surface area contributed by atoms with Gasteiger partial charge in [0.1, 0.15) is 12.1 Å². The summed E-state index contributed by atoms with van der Waals surface area (Å²) < 4.78 is 5.76. The van der Waals surface area contributed by atoms with Gasteiger partial charge in [-0.3, -0.25) is 9.78 Å². The molecule has 5 rings (SSSR count). The third-order valence-corrected chi connectivity index (χ3v) is 8.18. The van der Waals surface area contributed by atoms with E-state index in [4.69, 9.17) is 14.7 Å². The fraction of sp³-hybridized carbons (Fsp3) is 0.452. The van der Waals surface area contributed by atoms with Crippen LogP contribution in [0.25, 0.3) is 0 Å². The van der Waals surface area contributed by atoms with Gasteiger partial charge in [0.2, 0.25) is 17.8 Å². The lowest BCUT2D eigenvalue weighted by Crippen LogP contribution is -2.34. The molecule has 1 amide bonds. The van der Waals surface area contributed by atoms with E-state index < -0.39 is 0 Å². The highest BCUT2D eigenvalue weighted by Crippen LogP contribution is 2.50. The van der Waals surface area contributed by atoms with E-state index in [1.165, 1.54) is 31.7 Å². The zero-order valence-electron chi connectivity index (χ0n) is 25.3. The van der Waals surface area contributed by atoms with Crippen LogP contribution in [-0.2, 0) is 10.2 Å². The third kappa shape index (κ3) is 6.01. The summed E-state index contributed by atoms with van der Waals surface area (Å²) in [4.78, 5) is 37.5. The van der Waals surface area contributed by atoms with E-state index in [1.807, 2.05) is 33.3 Å². The fourth-order valence-corrected chi connectivity index (χ4v) is 5.93. The summed E-state index contributed by atoms with van der Waals surface area (Å²) in [6, 6.07) is 7.92. The number of rotatable bonds is 10. The predicted molar refractivity (Wildman–Crippen MR) is 167 cm³/mol. The van der Waals surface area contributed by atoms with Crippen LogP contribution in [-0.4, -0.2) is 78.6 Å². The minimum atomic E-state index is -0.302. The second-order valence-corrected chi connectivity index (χ2v) is 11.5. The normalized spacial score (nSPS) is 15.4. The van der Waals surface area contributed by atoms with Gasteiger partial charge in [-0.1, -0.05) is 25.8 Å². The molecule has 1 fully saturated rings. The molecule has 0 bridgehead atoms. The Balaban J connectivity index is 1.47. The number of nitrogens with zero attached hydrogens (tertiary/aromatic N) is 7. The number of carbonyl (C=O) groups excluding carboxylic acids is 1. The molecule has 42 heavy (non-hydrogen) atoms. The smallest absolute Gasteiger partial charge is 0.247 e. The van der Waals surface area contributed by atoms with E-state index in [-0.39, 0.29) is 11.3 Å². The summed E-state index contributed by atoms with van der Waals surface area (Å²) in [6.45, 7) is 8.06. The molecule has 11 heteroatoms. The maximum absolute atomic E-state index is 12.3. The van der Waals surface area contributed by atoms with Crippen LogP contribution >= 0.6 is 0 Å². The van der Waals surface area contributed by atoms with Gasteiger partial charge in [-0.25, -0.2) is 9.97 Å². The molecule has 2 aliphatic rings. The van der Waals surface area contributed by atoms with E-state index in [1.54, 1.807) is 7.11 Å². The SMILES string of the molecule is C=CC(=O)Nc1cc(Nc2ncnc(N3CC4(CCCCC4)c4nc(C)ccc43)n2)c(OC)cc1N(C)CCN(C)C. The lowest BCUT2D eigenvalue weighted by molar-refractivity contribution is -0.111. The van der Waals surface area contributed by atoms with Crippen LogP contribution in [0, 0.1) is 6.92 Å². The number of aromatic nitrogens is 4. The molecular formula is C31H41N9O2. The second-order valence-electron chi connectivity index (χ2n) is 11.5. The van der Waals surface area contributed by atoms with E-state index >= 15 is 0 Å². The number of amides is 1. The van der Waals surface area contributed by atoms with Crippen molar-refractivity contribution in [2.75, 3.05) is 68.3 Å². The van der Waals surface area contributed by atoms with Crippen molar-refractivity contribution in [2.45, 2.75) is 44.4 Å². The van der Waals surface area contributed by atoms with Crippen molar-refractivity contribution in [3.8, 4) is 5.75 Å². The van der Waals surface area contributed by atoms with Crippen molar-refractivity contribution >= 4 is 40.6 Å². The number of hydrogen-bond donors (Lipinski definition) is 2. The monoisotopic (exact) mass is 571 g/mol. The summed E-state index contributed by atoms with van der Waals surface area (Å²) in [5, 5.41) is 6.24. The van der Waals surface area contributed by atoms with Crippen molar-refractivity contribution in [1.29, 1.82) is 0 Å². The first-order valence-electron chi connectivity index (χ1n) is 14.5. The van der Waals surface area contributed by atoms with Crippen LogP contribution in [0.3, 0.4) is 0 Å². The van der Waals surface area contributed by atoms with Gasteiger partial charge >= 0.3 is 0 Å². The summed E-state index contributed by atoms with van der Waals surface area (Å²) in [7, 11) is 7.65. The van der Waals surface area contributed by atoms with Crippen LogP contribution in [0.1, 0.15) is 43.5 Å². The van der Waals surface area contributed by atoms with Gasteiger partial charge in [0.25, 0.3) is 0 Å². The Morgan fingerprint density at radius 1 is 1.10 bits per heavy atom. The number of methoxy groups -OCH3 is 1. The summed E-state index contributed by atoms with van der Waals surface area (Å²) in [5.74, 6) is 1.23. The molecule has 2 aromatic heterocycles. The van der Waals surface area contributed by atoms with Gasteiger partial charge in [-0.2, -0.15) is 4.98 Å². The number of anilines is 6. The maximum atomic E-state index is 12.3. The number of aryl methyl sites for hydroxylation is 1. The number of hydrogen-bond acceptors (Lipinski definition) is 10. The first kappa shape index (κ1) is 29.2. The number of carbonyl (C=O) groups is 1. The molecule has 1 aliphatic heterocycles. The average Bonchev–Trinajstić information content (AvgIpc) is 3.28. The number of likely N-dealkylation sites (N-methyl/N-ethyl adjacent to an activating group) is 2. The number of fused-ring (bicyclic) bond motifs is 2. The zero-order valence-corrected chi connectivity index (χ0v) is 25.3. The highest BCUT2D eigenvalue weighted by Gasteiger charge is 2.46. The molecule has 222 valence electrons. The fourth-order valence-electron chi connectivity index (χ4n) is 5.93. The highest BCUT2D eigenvalue weighted by atomic mass is 16.5. The van der Waals surface area contributed by atoms with Crippen LogP contribution < -0.4 is 25.2 Å². The summed E-state index contributed by atoms with van der Waals surface area (Å²) in [6.07, 6.45) is 8.69. The molecule has 1 saturated carbocycles. The number of pyridine rings is 1. The van der Waals surface area contributed by atoms with Crippen molar-refractivity contribution in [2.24, 2.45) is 0 Å². The zero-order chi connectivity index (χ0) is 29.9. The summed E-state index contributed by atoms with van der Waals surface area (Å²) in [5.41, 5.74) is 5.33. The van der Waals surface area contributed by atoms with Crippen LogP contribution in [0.15, 0.2) is 43.2 Å². The average molecular weight is 572 g/mol. The molecule has 2 N–H and O–H groups in total. The second kappa shape index (κ2) is 12.3. The Bertz CT molecular complexity index is 1450. The molecule has 3 aromatic rings. The standard InChI is InChI=1S/C31H41N9O2/c1-7-27(41)35-22-17-23(26(42-6)18-25(22)39(5)16-15-38(3)4)36-29-32-20-33-30(37-29)40-19-31(13-9-8-10-14-31)28-24(40)12-11-21(2)34-28/h7,11-12,17-18,20H,1,8-10,13-16,19H2,2-6H3,(H,35,41)(H,32,33,36,37). The van der Waals surface area contributed by atoms with Crippen LogP contribution in [0.2, 0.25) is 0 Å². The van der Waals surface area contributed by atoms with Gasteiger partial charge in [-0.05, 0) is 58.1 Å². The Labute approximate surface area is 248 Å². The van der Waals surface area contributed by atoms with Crippen molar-refractivity contribution in [1.82, 2.24) is 24.8 Å². The highest BCUT2D eigenvalue weighted by molar-refractivity contribution is 6.02. The number of nitrogens with one attached hydrogen (secondary N) is 2. The van der Waals surface area contributed by atoms with E-state index in [0.29, 0.717) is 29.0 Å². The molecule has 11 nitrogen and oxygen atoms in total. The molecular weight excluding hydrogens is 530 g/mol. The quantitative estimate of drug-likeness (QED) is 0.329. The molecule has 3 heterocycles. The van der Waals surface area contributed by atoms with Gasteiger partial charge in [0.05, 0.1) is 35.6 Å². The lowest BCUT2D eigenvalue weighted by atomic mass is 9.73. The third-order valence-electron chi connectivity index (χ3n) is 8.18. The molecule has 1 aliphatic carbocycles. The molecule has 1 spiro atoms. The van der Waals surface area contributed by atoms with Gasteiger partial charge < -0.3 is 30.1 Å². The first-order valence-corrected chi connectivity index (χ1v) is 14.5. The topological polar surface area (TPSA) is 112 Å². The van der Waals surface area contributed by atoms with Crippen molar-refractivity contribution in [3.63, 3.8) is 0 Å². The van der Waals surface area contributed by atoms with E-state index in [0.717, 1.165) is 55.2 Å². The van der Waals surface area contributed by atoms with Gasteiger partial charge in [-0.15, -0.1) is 0 Å². The number of benzene rings is 1.